The summed E-state index contributed by atoms with van der Waals surface area (Å²) >= 11 is 0. The molecule has 0 saturated carbocycles. The Kier molecular flexibility index (Phi) is 5.41. The van der Waals surface area contributed by atoms with E-state index in [1.807, 2.05) is 13.8 Å². The molecule has 0 bridgehead atoms. The molecule has 0 aliphatic carbocycles. The number of rotatable bonds is 6. The zero-order valence-electron chi connectivity index (χ0n) is 13.7. The number of nitrogens with zero attached hydrogens (tertiary/aromatic N) is 1. The highest BCUT2D eigenvalue weighted by atomic mass is 16.5. The smallest absolute Gasteiger partial charge is 0.259 e. The zero-order valence-corrected chi connectivity index (χ0v) is 13.7. The molecule has 0 aliphatic heterocycles. The van der Waals surface area contributed by atoms with Crippen LogP contribution in [-0.4, -0.2) is 31.2 Å². The molecule has 1 aromatic carbocycles. The first-order valence-electron chi connectivity index (χ1n) is 7.30. The molecule has 0 aliphatic rings. The minimum Gasteiger partial charge on any atom is -0.493 e. The van der Waals surface area contributed by atoms with E-state index in [0.717, 1.165) is 0 Å². The highest BCUT2D eigenvalue weighted by molar-refractivity contribution is 6.07. The first kappa shape index (κ1) is 16.6. The van der Waals surface area contributed by atoms with Crippen LogP contribution in [-0.2, 0) is 0 Å². The highest BCUT2D eigenvalue weighted by Gasteiger charge is 2.14. The number of amides is 1. The van der Waals surface area contributed by atoms with Crippen molar-refractivity contribution >= 4 is 17.4 Å². The minimum atomic E-state index is -0.242. The number of benzene rings is 1. The first-order valence-corrected chi connectivity index (χ1v) is 7.30. The molecule has 23 heavy (non-hydrogen) atoms. The monoisotopic (exact) mass is 315 g/mol. The van der Waals surface area contributed by atoms with Crippen LogP contribution in [0.5, 0.6) is 11.5 Å². The Morgan fingerprint density at radius 2 is 1.87 bits per heavy atom. The van der Waals surface area contributed by atoms with Crippen molar-refractivity contribution in [3.05, 3.63) is 42.1 Å². The van der Waals surface area contributed by atoms with Gasteiger partial charge in [0.05, 0.1) is 19.8 Å². The summed E-state index contributed by atoms with van der Waals surface area (Å²) < 4.78 is 10.4. The van der Waals surface area contributed by atoms with E-state index in [1.165, 1.54) is 0 Å². The largest absolute Gasteiger partial charge is 0.493 e. The third-order valence-corrected chi connectivity index (χ3v) is 3.12. The molecule has 1 amide bonds. The number of aromatic nitrogens is 1. The van der Waals surface area contributed by atoms with Gasteiger partial charge in [0, 0.05) is 24.0 Å². The summed E-state index contributed by atoms with van der Waals surface area (Å²) in [6, 6.07) is 8.85. The maximum Gasteiger partial charge on any atom is 0.259 e. The lowest BCUT2D eigenvalue weighted by Gasteiger charge is -2.14. The van der Waals surface area contributed by atoms with Gasteiger partial charge in [0.2, 0.25) is 0 Å². The maximum atomic E-state index is 12.5. The van der Waals surface area contributed by atoms with Gasteiger partial charge in [-0.3, -0.25) is 4.79 Å². The number of hydrogen-bond acceptors (Lipinski definition) is 5. The highest BCUT2D eigenvalue weighted by Crippen LogP contribution is 2.30. The number of hydrogen-bond donors (Lipinski definition) is 2. The van der Waals surface area contributed by atoms with Gasteiger partial charge < -0.3 is 20.1 Å². The molecule has 0 spiro atoms. The molecule has 1 heterocycles. The number of anilines is 2. The minimum absolute atomic E-state index is 0.178. The van der Waals surface area contributed by atoms with Gasteiger partial charge >= 0.3 is 0 Å². The summed E-state index contributed by atoms with van der Waals surface area (Å²) in [7, 11) is 3.12. The van der Waals surface area contributed by atoms with E-state index in [4.69, 9.17) is 9.47 Å². The van der Waals surface area contributed by atoms with E-state index in [1.54, 1.807) is 50.7 Å². The summed E-state index contributed by atoms with van der Waals surface area (Å²) in [6.45, 7) is 3.98. The summed E-state index contributed by atoms with van der Waals surface area (Å²) in [5.41, 5.74) is 1.10. The maximum absolute atomic E-state index is 12.5. The van der Waals surface area contributed by atoms with Crippen LogP contribution in [0.25, 0.3) is 0 Å². The summed E-state index contributed by atoms with van der Waals surface area (Å²) in [4.78, 5) is 16.7. The molecule has 122 valence electrons. The average molecular weight is 315 g/mol. The summed E-state index contributed by atoms with van der Waals surface area (Å²) in [5.74, 6) is 1.47. The Labute approximate surface area is 135 Å². The topological polar surface area (TPSA) is 72.5 Å². The molecule has 0 unspecified atom stereocenters. The number of methoxy groups -OCH3 is 2. The van der Waals surface area contributed by atoms with E-state index in [2.05, 4.69) is 15.6 Å². The predicted molar refractivity (Wildman–Crippen MR) is 90.5 cm³/mol. The van der Waals surface area contributed by atoms with E-state index in [0.29, 0.717) is 28.6 Å². The van der Waals surface area contributed by atoms with Gasteiger partial charge in [-0.1, -0.05) is 0 Å². The van der Waals surface area contributed by atoms with Crippen molar-refractivity contribution in [2.45, 2.75) is 19.9 Å². The number of pyridine rings is 1. The lowest BCUT2D eigenvalue weighted by atomic mass is 10.2. The van der Waals surface area contributed by atoms with Gasteiger partial charge in [0.25, 0.3) is 5.91 Å². The van der Waals surface area contributed by atoms with Gasteiger partial charge in [-0.15, -0.1) is 0 Å². The van der Waals surface area contributed by atoms with E-state index < -0.39 is 0 Å². The van der Waals surface area contributed by atoms with E-state index in [-0.39, 0.29) is 11.9 Å². The molecule has 0 atom stereocenters. The second-order valence-electron chi connectivity index (χ2n) is 5.22. The molecule has 6 nitrogen and oxygen atoms in total. The molecule has 0 radical (unpaired) electrons. The Morgan fingerprint density at radius 1 is 1.13 bits per heavy atom. The average Bonchev–Trinajstić information content (AvgIpc) is 2.54. The van der Waals surface area contributed by atoms with Crippen LogP contribution in [0.2, 0.25) is 0 Å². The van der Waals surface area contributed by atoms with Crippen LogP contribution < -0.4 is 20.1 Å². The number of ether oxygens (including phenoxy) is 2. The SMILES string of the molecule is COc1ccc(NC(=O)c2cccnc2NC(C)C)cc1OC. The summed E-state index contributed by atoms with van der Waals surface area (Å²) in [6.07, 6.45) is 1.65. The van der Waals surface area contributed by atoms with Crippen molar-refractivity contribution in [1.29, 1.82) is 0 Å². The van der Waals surface area contributed by atoms with Crippen molar-refractivity contribution in [2.75, 3.05) is 24.9 Å². The standard InChI is InChI=1S/C17H21N3O3/c1-11(2)19-16-13(6-5-9-18-16)17(21)20-12-7-8-14(22-3)15(10-12)23-4/h5-11H,1-4H3,(H,18,19)(H,20,21). The van der Waals surface area contributed by atoms with Crippen molar-refractivity contribution in [3.63, 3.8) is 0 Å². The number of carbonyl (C=O) groups is 1. The molecule has 2 rings (SSSR count). The van der Waals surface area contributed by atoms with Crippen molar-refractivity contribution in [3.8, 4) is 11.5 Å². The van der Waals surface area contributed by atoms with Gasteiger partial charge in [-0.05, 0) is 38.1 Å². The molecular formula is C17H21N3O3. The molecule has 1 aromatic heterocycles. The lowest BCUT2D eigenvalue weighted by molar-refractivity contribution is 0.102. The van der Waals surface area contributed by atoms with Crippen LogP contribution in [0.15, 0.2) is 36.5 Å². The number of carbonyl (C=O) groups excluding carboxylic acids is 1. The van der Waals surface area contributed by atoms with Crippen LogP contribution in [0.1, 0.15) is 24.2 Å². The van der Waals surface area contributed by atoms with E-state index in [9.17, 15) is 4.79 Å². The van der Waals surface area contributed by atoms with Gasteiger partial charge in [-0.2, -0.15) is 0 Å². The fourth-order valence-corrected chi connectivity index (χ4v) is 2.09. The van der Waals surface area contributed by atoms with E-state index >= 15 is 0 Å². The Balaban J connectivity index is 2.23. The quantitative estimate of drug-likeness (QED) is 0.856. The van der Waals surface area contributed by atoms with Crippen LogP contribution in [0.4, 0.5) is 11.5 Å². The normalized spacial score (nSPS) is 10.3. The Morgan fingerprint density at radius 3 is 2.52 bits per heavy atom. The second kappa shape index (κ2) is 7.49. The predicted octanol–water partition coefficient (Wildman–Crippen LogP) is 3.17. The molecule has 2 N–H and O–H groups in total. The molecule has 0 fully saturated rings. The van der Waals surface area contributed by atoms with Crippen molar-refractivity contribution < 1.29 is 14.3 Å². The molecular weight excluding hydrogens is 294 g/mol. The van der Waals surface area contributed by atoms with Crippen LogP contribution >= 0.6 is 0 Å². The molecule has 6 heteroatoms. The van der Waals surface area contributed by atoms with Gasteiger partial charge in [0.1, 0.15) is 5.82 Å². The van der Waals surface area contributed by atoms with Crippen LogP contribution in [0.3, 0.4) is 0 Å². The van der Waals surface area contributed by atoms with Gasteiger partial charge in [0.15, 0.2) is 11.5 Å². The molecule has 0 saturated heterocycles. The lowest BCUT2D eigenvalue weighted by Crippen LogP contribution is -2.18. The third-order valence-electron chi connectivity index (χ3n) is 3.12. The van der Waals surface area contributed by atoms with Crippen molar-refractivity contribution in [1.82, 2.24) is 4.98 Å². The Hall–Kier alpha value is -2.76. The molecule has 2 aromatic rings. The number of nitrogens with one attached hydrogen (secondary N) is 2. The van der Waals surface area contributed by atoms with Crippen molar-refractivity contribution in [2.24, 2.45) is 0 Å². The fourth-order valence-electron chi connectivity index (χ4n) is 2.09. The van der Waals surface area contributed by atoms with Gasteiger partial charge in [-0.25, -0.2) is 4.98 Å². The fraction of sp³-hybridized carbons (Fsp3) is 0.294. The first-order chi connectivity index (χ1) is 11.0. The Bertz CT molecular complexity index is 687. The summed E-state index contributed by atoms with van der Waals surface area (Å²) in [5, 5.41) is 6.01. The second-order valence-corrected chi connectivity index (χ2v) is 5.22. The zero-order chi connectivity index (χ0) is 16.8. The third kappa shape index (κ3) is 4.12. The van der Waals surface area contributed by atoms with Crippen LogP contribution in [0, 0.1) is 0 Å².